The van der Waals surface area contributed by atoms with Crippen molar-refractivity contribution in [2.24, 2.45) is 11.7 Å². The fourth-order valence-electron chi connectivity index (χ4n) is 2.85. The molecule has 0 aromatic heterocycles. The fraction of sp³-hybridized carbons (Fsp3) is 0.812. The summed E-state index contributed by atoms with van der Waals surface area (Å²) in [6, 6.07) is -0.612. The number of nitrogens with one attached hydrogen (secondary N) is 1. The van der Waals surface area contributed by atoms with Crippen LogP contribution in [0.15, 0.2) is 0 Å². The molecule has 3 amide bonds. The van der Waals surface area contributed by atoms with E-state index in [0.29, 0.717) is 32.8 Å². The quantitative estimate of drug-likeness (QED) is 0.664. The van der Waals surface area contributed by atoms with E-state index in [1.165, 1.54) is 0 Å². The number of ether oxygens (including phenoxy) is 1. The average molecular weight is 377 g/mol. The van der Waals surface area contributed by atoms with Crippen molar-refractivity contribution in [3.05, 3.63) is 0 Å². The summed E-state index contributed by atoms with van der Waals surface area (Å²) in [4.78, 5) is 39.6. The molecule has 0 spiro atoms. The van der Waals surface area contributed by atoms with Crippen molar-refractivity contribution in [2.45, 2.75) is 38.8 Å². The number of carbonyl (C=O) groups excluding carboxylic acids is 3. The molecule has 0 saturated carbocycles. The van der Waals surface area contributed by atoms with E-state index >= 15 is 0 Å². The van der Waals surface area contributed by atoms with Gasteiger partial charge in [0.1, 0.15) is 6.10 Å². The third-order valence-electron chi connectivity index (χ3n) is 4.58. The molecular formula is C16H29ClN4O4. The van der Waals surface area contributed by atoms with Gasteiger partial charge in [0.2, 0.25) is 11.8 Å². The van der Waals surface area contributed by atoms with E-state index in [0.717, 1.165) is 12.8 Å². The Morgan fingerprint density at radius 1 is 1.16 bits per heavy atom. The molecule has 0 aromatic carbocycles. The van der Waals surface area contributed by atoms with Gasteiger partial charge >= 0.3 is 0 Å². The second-order valence-electron chi connectivity index (χ2n) is 6.70. The normalized spacial score (nSPS) is 21.7. The Bertz CT molecular complexity index is 475. The Kier molecular flexibility index (Phi) is 8.61. The lowest BCUT2D eigenvalue weighted by molar-refractivity contribution is -0.145. The molecular weight excluding hydrogens is 348 g/mol. The minimum absolute atomic E-state index is 0. The van der Waals surface area contributed by atoms with Crippen molar-refractivity contribution in [1.29, 1.82) is 0 Å². The molecule has 0 aliphatic carbocycles. The first-order valence-electron chi connectivity index (χ1n) is 8.61. The van der Waals surface area contributed by atoms with Crippen molar-refractivity contribution in [3.63, 3.8) is 0 Å². The van der Waals surface area contributed by atoms with Crippen molar-refractivity contribution in [2.75, 3.05) is 39.3 Å². The molecule has 0 radical (unpaired) electrons. The van der Waals surface area contributed by atoms with Gasteiger partial charge in [0.25, 0.3) is 5.91 Å². The molecule has 2 rings (SSSR count). The van der Waals surface area contributed by atoms with E-state index < -0.39 is 6.04 Å². The summed E-state index contributed by atoms with van der Waals surface area (Å²) in [7, 11) is 0. The highest BCUT2D eigenvalue weighted by Crippen LogP contribution is 2.16. The van der Waals surface area contributed by atoms with Crippen LogP contribution in [0, 0.1) is 5.92 Å². The van der Waals surface area contributed by atoms with E-state index in [4.69, 9.17) is 10.5 Å². The molecule has 0 bridgehead atoms. The van der Waals surface area contributed by atoms with E-state index in [2.05, 4.69) is 5.32 Å². The predicted molar refractivity (Wildman–Crippen MR) is 95.2 cm³/mol. The molecule has 2 saturated heterocycles. The van der Waals surface area contributed by atoms with Crippen LogP contribution in [0.1, 0.15) is 26.7 Å². The molecule has 0 aromatic rings. The summed E-state index contributed by atoms with van der Waals surface area (Å²) in [5.74, 6) is -0.419. The summed E-state index contributed by atoms with van der Waals surface area (Å²) < 4.78 is 5.42. The number of piperazine rings is 1. The zero-order valence-electron chi connectivity index (χ0n) is 14.9. The molecule has 2 fully saturated rings. The number of nitrogens with two attached hydrogens (primary N) is 1. The first kappa shape index (κ1) is 21.7. The van der Waals surface area contributed by atoms with Crippen LogP contribution >= 0.6 is 12.4 Å². The highest BCUT2D eigenvalue weighted by molar-refractivity contribution is 5.87. The van der Waals surface area contributed by atoms with Crippen LogP contribution < -0.4 is 11.1 Å². The highest BCUT2D eigenvalue weighted by Gasteiger charge is 2.31. The average Bonchev–Trinajstić information content (AvgIpc) is 3.12. The van der Waals surface area contributed by atoms with Gasteiger partial charge in [0.15, 0.2) is 0 Å². The van der Waals surface area contributed by atoms with Crippen molar-refractivity contribution in [3.8, 4) is 0 Å². The number of hydrogen-bond donors (Lipinski definition) is 2. The van der Waals surface area contributed by atoms with Crippen LogP contribution in [-0.4, -0.2) is 79.0 Å². The Morgan fingerprint density at radius 3 is 2.28 bits per heavy atom. The molecule has 2 heterocycles. The van der Waals surface area contributed by atoms with E-state index in [9.17, 15) is 14.4 Å². The largest absolute Gasteiger partial charge is 0.368 e. The molecule has 2 aliphatic rings. The first-order valence-corrected chi connectivity index (χ1v) is 8.61. The number of halogens is 1. The first-order chi connectivity index (χ1) is 11.4. The Labute approximate surface area is 154 Å². The minimum Gasteiger partial charge on any atom is -0.368 e. The smallest absolute Gasteiger partial charge is 0.251 e. The monoisotopic (exact) mass is 376 g/mol. The molecule has 2 atom stereocenters. The third kappa shape index (κ3) is 5.83. The second kappa shape index (κ2) is 9.94. The molecule has 1 unspecified atom stereocenters. The van der Waals surface area contributed by atoms with Crippen molar-refractivity contribution >= 4 is 30.1 Å². The fourth-order valence-corrected chi connectivity index (χ4v) is 2.85. The molecule has 2 aliphatic heterocycles. The summed E-state index contributed by atoms with van der Waals surface area (Å²) in [5, 5.41) is 2.58. The lowest BCUT2D eigenvalue weighted by Gasteiger charge is -2.35. The van der Waals surface area contributed by atoms with Gasteiger partial charge in [0, 0.05) is 32.8 Å². The van der Waals surface area contributed by atoms with Gasteiger partial charge in [0.05, 0.1) is 12.6 Å². The van der Waals surface area contributed by atoms with Gasteiger partial charge in [-0.3, -0.25) is 14.4 Å². The predicted octanol–water partition coefficient (Wildman–Crippen LogP) is -0.642. The highest BCUT2D eigenvalue weighted by atomic mass is 35.5. The van der Waals surface area contributed by atoms with Crippen molar-refractivity contribution in [1.82, 2.24) is 15.1 Å². The van der Waals surface area contributed by atoms with Crippen LogP contribution in [0.5, 0.6) is 0 Å². The Hall–Kier alpha value is -1.38. The third-order valence-corrected chi connectivity index (χ3v) is 4.58. The summed E-state index contributed by atoms with van der Waals surface area (Å²) in [5.41, 5.74) is 5.74. The van der Waals surface area contributed by atoms with Gasteiger partial charge in [-0.15, -0.1) is 12.4 Å². The summed E-state index contributed by atoms with van der Waals surface area (Å²) >= 11 is 0. The Balaban J connectivity index is 0.00000312. The number of hydrogen-bond acceptors (Lipinski definition) is 5. The summed E-state index contributed by atoms with van der Waals surface area (Å²) in [6.07, 6.45) is 1.39. The van der Waals surface area contributed by atoms with Crippen LogP contribution in [0.3, 0.4) is 0 Å². The Morgan fingerprint density at radius 2 is 1.76 bits per heavy atom. The van der Waals surface area contributed by atoms with Gasteiger partial charge in [-0.1, -0.05) is 13.8 Å². The molecule has 144 valence electrons. The number of nitrogens with zero attached hydrogens (tertiary/aromatic N) is 2. The zero-order valence-corrected chi connectivity index (χ0v) is 15.7. The van der Waals surface area contributed by atoms with E-state index in [1.807, 2.05) is 13.8 Å². The standard InChI is InChI=1S/C16H28N4O4.ClH/c1-11(2)14(17)15(22)18-10-13(21)19-5-7-20(8-6-19)16(23)12-4-3-9-24-12;/h11-12,14H,3-10,17H2,1-2H3,(H,18,22);1H/t12?,14-;/m0./s1. The van der Waals surface area contributed by atoms with Gasteiger partial charge in [-0.25, -0.2) is 0 Å². The lowest BCUT2D eigenvalue weighted by atomic mass is 10.1. The van der Waals surface area contributed by atoms with E-state index in [1.54, 1.807) is 9.80 Å². The lowest BCUT2D eigenvalue weighted by Crippen LogP contribution is -2.55. The zero-order chi connectivity index (χ0) is 17.7. The second-order valence-corrected chi connectivity index (χ2v) is 6.70. The SMILES string of the molecule is CC(C)[C@H](N)C(=O)NCC(=O)N1CCN(C(=O)C2CCCO2)CC1.Cl. The van der Waals surface area contributed by atoms with E-state index in [-0.39, 0.29) is 48.7 Å². The maximum atomic E-state index is 12.3. The molecule has 3 N–H and O–H groups in total. The molecule has 8 nitrogen and oxygen atoms in total. The van der Waals surface area contributed by atoms with Crippen LogP contribution in [0.2, 0.25) is 0 Å². The summed E-state index contributed by atoms with van der Waals surface area (Å²) in [6.45, 7) is 6.26. The van der Waals surface area contributed by atoms with Crippen LogP contribution in [0.25, 0.3) is 0 Å². The number of rotatable bonds is 5. The van der Waals surface area contributed by atoms with Crippen LogP contribution in [0.4, 0.5) is 0 Å². The maximum Gasteiger partial charge on any atom is 0.251 e. The maximum absolute atomic E-state index is 12.3. The number of amides is 3. The molecule has 25 heavy (non-hydrogen) atoms. The number of carbonyl (C=O) groups is 3. The van der Waals surface area contributed by atoms with Gasteiger partial charge in [-0.05, 0) is 18.8 Å². The minimum atomic E-state index is -0.612. The van der Waals surface area contributed by atoms with Gasteiger partial charge in [-0.2, -0.15) is 0 Å². The van der Waals surface area contributed by atoms with Crippen LogP contribution in [-0.2, 0) is 19.1 Å². The molecule has 9 heteroatoms. The van der Waals surface area contributed by atoms with Crippen molar-refractivity contribution < 1.29 is 19.1 Å². The topological polar surface area (TPSA) is 105 Å². The van der Waals surface area contributed by atoms with Gasteiger partial charge < -0.3 is 25.6 Å².